The summed E-state index contributed by atoms with van der Waals surface area (Å²) in [4.78, 5) is 14.4. The molecule has 0 atom stereocenters. The van der Waals surface area contributed by atoms with Crippen molar-refractivity contribution in [1.82, 2.24) is 0 Å². The molecule has 1 aliphatic heterocycles. The molecule has 0 spiro atoms. The van der Waals surface area contributed by atoms with E-state index in [4.69, 9.17) is 0 Å². The maximum atomic E-state index is 13.0. The van der Waals surface area contributed by atoms with E-state index >= 15 is 0 Å². The molecule has 2 aromatic carbocycles. The number of hydrogen-bond acceptors (Lipinski definition) is 1. The summed E-state index contributed by atoms with van der Waals surface area (Å²) in [6.07, 6.45) is 1.97. The lowest BCUT2D eigenvalue weighted by molar-refractivity contribution is 0.0985. The number of aryl methyl sites for hydroxylation is 2. The third-order valence-corrected chi connectivity index (χ3v) is 3.69. The first-order valence-electron chi connectivity index (χ1n) is 6.82. The minimum Gasteiger partial charge on any atom is -0.308 e. The molecule has 1 amide bonds. The summed E-state index contributed by atoms with van der Waals surface area (Å²) < 4.78 is 13.0. The standard InChI is InChI=1S/C17H16FNO/c1-12-4-9-16-14(11-12)3-2-10-19(16)17(20)13-5-7-15(18)8-6-13/h4-9,11H,2-3,10H2,1H3. The number of rotatable bonds is 1. The number of benzene rings is 2. The van der Waals surface area contributed by atoms with E-state index in [0.717, 1.165) is 18.5 Å². The summed E-state index contributed by atoms with van der Waals surface area (Å²) in [7, 11) is 0. The van der Waals surface area contributed by atoms with Gasteiger partial charge in [0, 0.05) is 17.8 Å². The Bertz CT molecular complexity index is 649. The second-order valence-electron chi connectivity index (χ2n) is 5.20. The van der Waals surface area contributed by atoms with Crippen LogP contribution in [-0.4, -0.2) is 12.5 Å². The van der Waals surface area contributed by atoms with Gasteiger partial charge in [0.15, 0.2) is 0 Å². The number of nitrogens with zero attached hydrogens (tertiary/aromatic N) is 1. The third-order valence-electron chi connectivity index (χ3n) is 3.69. The fourth-order valence-electron chi connectivity index (χ4n) is 2.69. The molecule has 3 rings (SSSR count). The first-order valence-corrected chi connectivity index (χ1v) is 6.82. The second-order valence-corrected chi connectivity index (χ2v) is 5.20. The van der Waals surface area contributed by atoms with Crippen molar-refractivity contribution >= 4 is 11.6 Å². The number of halogens is 1. The monoisotopic (exact) mass is 269 g/mol. The second kappa shape index (κ2) is 5.08. The molecule has 0 saturated carbocycles. The summed E-state index contributed by atoms with van der Waals surface area (Å²) >= 11 is 0. The summed E-state index contributed by atoms with van der Waals surface area (Å²) in [5.41, 5.74) is 3.93. The number of fused-ring (bicyclic) bond motifs is 1. The Labute approximate surface area is 117 Å². The highest BCUT2D eigenvalue weighted by Gasteiger charge is 2.23. The molecule has 0 aliphatic carbocycles. The van der Waals surface area contributed by atoms with Crippen LogP contribution in [-0.2, 0) is 6.42 Å². The van der Waals surface area contributed by atoms with E-state index in [1.807, 2.05) is 12.1 Å². The normalized spacial score (nSPS) is 14.0. The summed E-state index contributed by atoms with van der Waals surface area (Å²) in [6, 6.07) is 11.9. The van der Waals surface area contributed by atoms with Crippen LogP contribution in [0, 0.1) is 12.7 Å². The average molecular weight is 269 g/mol. The van der Waals surface area contributed by atoms with Gasteiger partial charge in [-0.3, -0.25) is 4.79 Å². The zero-order valence-electron chi connectivity index (χ0n) is 11.4. The smallest absolute Gasteiger partial charge is 0.258 e. The fraction of sp³-hybridized carbons (Fsp3) is 0.235. The van der Waals surface area contributed by atoms with Gasteiger partial charge in [0.05, 0.1) is 0 Å². The van der Waals surface area contributed by atoms with Crippen molar-refractivity contribution in [3.05, 3.63) is 65.0 Å². The molecule has 0 N–H and O–H groups in total. The van der Waals surface area contributed by atoms with Crippen LogP contribution < -0.4 is 4.90 Å². The van der Waals surface area contributed by atoms with Crippen molar-refractivity contribution in [3.8, 4) is 0 Å². The summed E-state index contributed by atoms with van der Waals surface area (Å²) in [5, 5.41) is 0. The molecule has 0 unspecified atom stereocenters. The average Bonchev–Trinajstić information content (AvgIpc) is 2.46. The Kier molecular flexibility index (Phi) is 3.26. The van der Waals surface area contributed by atoms with E-state index in [9.17, 15) is 9.18 Å². The van der Waals surface area contributed by atoms with E-state index in [2.05, 4.69) is 13.0 Å². The molecule has 0 radical (unpaired) electrons. The van der Waals surface area contributed by atoms with Crippen LogP contribution in [0.15, 0.2) is 42.5 Å². The first kappa shape index (κ1) is 12.9. The number of hydrogen-bond donors (Lipinski definition) is 0. The minimum atomic E-state index is -0.323. The number of anilines is 1. The lowest BCUT2D eigenvalue weighted by atomic mass is 9.99. The molecular formula is C17H16FNO. The number of carbonyl (C=O) groups excluding carboxylic acids is 1. The van der Waals surface area contributed by atoms with Crippen molar-refractivity contribution in [2.45, 2.75) is 19.8 Å². The van der Waals surface area contributed by atoms with E-state index in [0.29, 0.717) is 12.1 Å². The Balaban J connectivity index is 1.96. The Morgan fingerprint density at radius 1 is 1.15 bits per heavy atom. The largest absolute Gasteiger partial charge is 0.308 e. The van der Waals surface area contributed by atoms with E-state index in [-0.39, 0.29) is 11.7 Å². The number of carbonyl (C=O) groups is 1. The third kappa shape index (κ3) is 2.31. The van der Waals surface area contributed by atoms with Crippen molar-refractivity contribution in [3.63, 3.8) is 0 Å². The fourth-order valence-corrected chi connectivity index (χ4v) is 2.69. The molecule has 0 bridgehead atoms. The van der Waals surface area contributed by atoms with E-state index in [1.54, 1.807) is 17.0 Å². The lowest BCUT2D eigenvalue weighted by Crippen LogP contribution is -2.35. The van der Waals surface area contributed by atoms with Gasteiger partial charge in [-0.2, -0.15) is 0 Å². The highest BCUT2D eigenvalue weighted by Crippen LogP contribution is 2.29. The molecule has 3 heteroatoms. The quantitative estimate of drug-likeness (QED) is 0.772. The SMILES string of the molecule is Cc1ccc2c(c1)CCCN2C(=O)c1ccc(F)cc1. The molecule has 0 aromatic heterocycles. The van der Waals surface area contributed by atoms with Crippen LogP contribution in [0.5, 0.6) is 0 Å². The zero-order chi connectivity index (χ0) is 14.1. The predicted octanol–water partition coefficient (Wildman–Crippen LogP) is 3.73. The summed E-state index contributed by atoms with van der Waals surface area (Å²) in [5.74, 6) is -0.383. The first-order chi connectivity index (χ1) is 9.65. The van der Waals surface area contributed by atoms with Crippen molar-refractivity contribution < 1.29 is 9.18 Å². The molecule has 2 aromatic rings. The van der Waals surface area contributed by atoms with Crippen LogP contribution >= 0.6 is 0 Å². The molecular weight excluding hydrogens is 253 g/mol. The van der Waals surface area contributed by atoms with E-state index in [1.165, 1.54) is 23.3 Å². The van der Waals surface area contributed by atoms with E-state index < -0.39 is 0 Å². The highest BCUT2D eigenvalue weighted by molar-refractivity contribution is 6.06. The van der Waals surface area contributed by atoms with Crippen LogP contribution in [0.25, 0.3) is 0 Å². The molecule has 102 valence electrons. The van der Waals surface area contributed by atoms with Gasteiger partial charge >= 0.3 is 0 Å². The Hall–Kier alpha value is -2.16. The molecule has 1 aliphatic rings. The number of amides is 1. The maximum absolute atomic E-state index is 13.0. The van der Waals surface area contributed by atoms with Gasteiger partial charge in [-0.1, -0.05) is 17.7 Å². The van der Waals surface area contributed by atoms with Gasteiger partial charge < -0.3 is 4.90 Å². The Morgan fingerprint density at radius 3 is 2.65 bits per heavy atom. The van der Waals surface area contributed by atoms with Gasteiger partial charge in [-0.25, -0.2) is 4.39 Å². The van der Waals surface area contributed by atoms with Gasteiger partial charge in [-0.15, -0.1) is 0 Å². The van der Waals surface area contributed by atoms with Crippen molar-refractivity contribution in [2.24, 2.45) is 0 Å². The van der Waals surface area contributed by atoms with Crippen LogP contribution in [0.2, 0.25) is 0 Å². The van der Waals surface area contributed by atoms with Gasteiger partial charge in [0.1, 0.15) is 5.82 Å². The summed E-state index contributed by atoms with van der Waals surface area (Å²) in [6.45, 7) is 2.77. The van der Waals surface area contributed by atoms with Crippen molar-refractivity contribution in [1.29, 1.82) is 0 Å². The predicted molar refractivity (Wildman–Crippen MR) is 77.6 cm³/mol. The van der Waals surface area contributed by atoms with Gasteiger partial charge in [0.25, 0.3) is 5.91 Å². The minimum absolute atomic E-state index is 0.0604. The maximum Gasteiger partial charge on any atom is 0.258 e. The topological polar surface area (TPSA) is 20.3 Å². The van der Waals surface area contributed by atoms with Gasteiger partial charge in [0.2, 0.25) is 0 Å². The molecule has 0 saturated heterocycles. The molecule has 2 nitrogen and oxygen atoms in total. The molecule has 0 fully saturated rings. The van der Waals surface area contributed by atoms with Crippen molar-refractivity contribution in [2.75, 3.05) is 11.4 Å². The van der Waals surface area contributed by atoms with Crippen LogP contribution in [0.4, 0.5) is 10.1 Å². The zero-order valence-corrected chi connectivity index (χ0v) is 11.4. The molecule has 20 heavy (non-hydrogen) atoms. The lowest BCUT2D eigenvalue weighted by Gasteiger charge is -2.30. The van der Waals surface area contributed by atoms with Gasteiger partial charge in [-0.05, 0) is 55.7 Å². The Morgan fingerprint density at radius 2 is 1.90 bits per heavy atom. The van der Waals surface area contributed by atoms with Crippen LogP contribution in [0.1, 0.15) is 27.9 Å². The highest BCUT2D eigenvalue weighted by atomic mass is 19.1. The van der Waals surface area contributed by atoms with Crippen LogP contribution in [0.3, 0.4) is 0 Å². The molecule has 1 heterocycles.